The lowest BCUT2D eigenvalue weighted by Crippen LogP contribution is -2.03. The van der Waals surface area contributed by atoms with Crippen LogP contribution in [0.1, 0.15) is 11.1 Å². The molecule has 0 aliphatic carbocycles. The van der Waals surface area contributed by atoms with E-state index in [-0.39, 0.29) is 0 Å². The van der Waals surface area contributed by atoms with Gasteiger partial charge >= 0.3 is 0 Å². The van der Waals surface area contributed by atoms with Crippen molar-refractivity contribution in [2.45, 2.75) is 13.2 Å². The Balaban J connectivity index is 1.83. The fraction of sp³-hybridized carbons (Fsp3) is 0.188. The van der Waals surface area contributed by atoms with Gasteiger partial charge in [-0.05, 0) is 24.3 Å². The maximum absolute atomic E-state index is 5.27. The van der Waals surface area contributed by atoms with Gasteiger partial charge in [0.1, 0.15) is 0 Å². The summed E-state index contributed by atoms with van der Waals surface area (Å²) < 4.78 is 8.20. The number of nitrogens with zero attached hydrogens (tertiary/aromatic N) is 2. The predicted molar refractivity (Wildman–Crippen MR) is 87.4 cm³/mol. The van der Waals surface area contributed by atoms with Crippen molar-refractivity contribution in [1.82, 2.24) is 9.61 Å². The van der Waals surface area contributed by atoms with Crippen LogP contribution in [0.15, 0.2) is 53.3 Å². The summed E-state index contributed by atoms with van der Waals surface area (Å²) in [7, 11) is 1.70. The van der Waals surface area contributed by atoms with Crippen molar-refractivity contribution in [3.63, 3.8) is 0 Å². The highest BCUT2D eigenvalue weighted by atomic mass is 79.9. The first-order valence-corrected chi connectivity index (χ1v) is 7.50. The zero-order valence-corrected chi connectivity index (χ0v) is 13.3. The van der Waals surface area contributed by atoms with E-state index in [2.05, 4.69) is 38.5 Å². The highest BCUT2D eigenvalue weighted by Crippen LogP contribution is 2.26. The number of nitrogens with one attached hydrogen (secondary N) is 1. The summed E-state index contributed by atoms with van der Waals surface area (Å²) in [6.45, 7) is 1.29. The van der Waals surface area contributed by atoms with Gasteiger partial charge in [0.05, 0.1) is 18.3 Å². The average Bonchev–Trinajstić information content (AvgIpc) is 2.91. The van der Waals surface area contributed by atoms with Gasteiger partial charge in [0.15, 0.2) is 0 Å². The lowest BCUT2D eigenvalue weighted by Gasteiger charge is -2.12. The van der Waals surface area contributed by atoms with Crippen LogP contribution in [0.3, 0.4) is 0 Å². The van der Waals surface area contributed by atoms with Crippen molar-refractivity contribution in [3.8, 4) is 0 Å². The lowest BCUT2D eigenvalue weighted by atomic mass is 10.1. The molecule has 0 unspecified atom stereocenters. The van der Waals surface area contributed by atoms with Crippen molar-refractivity contribution in [2.75, 3.05) is 12.4 Å². The molecular formula is C16H16BrN3O. The molecule has 1 N–H and O–H groups in total. The van der Waals surface area contributed by atoms with Crippen molar-refractivity contribution in [1.29, 1.82) is 0 Å². The smallest absolute Gasteiger partial charge is 0.0744 e. The standard InChI is InChI=1S/C16H16BrN3O/c1-21-11-13-14(17)5-4-6-15(13)18-9-12-10-19-20-8-3-2-7-16(12)20/h2-8,10,18H,9,11H2,1H3. The van der Waals surface area contributed by atoms with Crippen LogP contribution in [0, 0.1) is 0 Å². The number of methoxy groups -OCH3 is 1. The van der Waals surface area contributed by atoms with E-state index in [0.717, 1.165) is 27.8 Å². The molecule has 0 aliphatic rings. The normalized spacial score (nSPS) is 11.0. The third kappa shape index (κ3) is 2.94. The first-order valence-electron chi connectivity index (χ1n) is 6.71. The Morgan fingerprint density at radius 3 is 3.00 bits per heavy atom. The van der Waals surface area contributed by atoms with E-state index in [0.29, 0.717) is 6.61 Å². The minimum Gasteiger partial charge on any atom is -0.380 e. The fourth-order valence-electron chi connectivity index (χ4n) is 2.33. The largest absolute Gasteiger partial charge is 0.380 e. The van der Waals surface area contributed by atoms with Gasteiger partial charge < -0.3 is 10.1 Å². The Kier molecular flexibility index (Phi) is 4.22. The van der Waals surface area contributed by atoms with E-state index in [9.17, 15) is 0 Å². The molecule has 4 nitrogen and oxygen atoms in total. The zero-order valence-electron chi connectivity index (χ0n) is 11.7. The monoisotopic (exact) mass is 345 g/mol. The summed E-state index contributed by atoms with van der Waals surface area (Å²) >= 11 is 3.57. The second kappa shape index (κ2) is 6.28. The number of halogens is 1. The van der Waals surface area contributed by atoms with Crippen molar-refractivity contribution in [3.05, 3.63) is 64.4 Å². The number of hydrogen-bond acceptors (Lipinski definition) is 3. The number of rotatable bonds is 5. The van der Waals surface area contributed by atoms with Crippen LogP contribution >= 0.6 is 15.9 Å². The molecule has 0 atom stereocenters. The van der Waals surface area contributed by atoms with Crippen molar-refractivity contribution >= 4 is 27.1 Å². The van der Waals surface area contributed by atoms with E-state index in [1.807, 2.05) is 41.2 Å². The SMILES string of the molecule is COCc1c(Br)cccc1NCc1cnn2ccccc12. The van der Waals surface area contributed by atoms with Gasteiger partial charge in [-0.25, -0.2) is 4.52 Å². The van der Waals surface area contributed by atoms with E-state index in [1.54, 1.807) is 7.11 Å². The van der Waals surface area contributed by atoms with Crippen LogP contribution in [0.25, 0.3) is 5.52 Å². The number of fused-ring (bicyclic) bond motifs is 1. The average molecular weight is 346 g/mol. The third-order valence-electron chi connectivity index (χ3n) is 3.38. The van der Waals surface area contributed by atoms with Gasteiger partial charge in [0, 0.05) is 41.1 Å². The Bertz CT molecular complexity index is 754. The van der Waals surface area contributed by atoms with Crippen LogP contribution < -0.4 is 5.32 Å². The number of ether oxygens (including phenoxy) is 1. The van der Waals surface area contributed by atoms with E-state index in [4.69, 9.17) is 4.74 Å². The zero-order chi connectivity index (χ0) is 14.7. The topological polar surface area (TPSA) is 38.6 Å². The van der Waals surface area contributed by atoms with Crippen LogP contribution in [-0.2, 0) is 17.9 Å². The first kappa shape index (κ1) is 14.1. The summed E-state index contributed by atoms with van der Waals surface area (Å²) in [5, 5.41) is 7.82. The molecule has 108 valence electrons. The molecule has 0 aliphatic heterocycles. The number of benzene rings is 1. The van der Waals surface area contributed by atoms with Crippen molar-refractivity contribution < 1.29 is 4.74 Å². The summed E-state index contributed by atoms with van der Waals surface area (Å²) in [6.07, 6.45) is 3.85. The molecule has 2 aromatic heterocycles. The van der Waals surface area contributed by atoms with E-state index < -0.39 is 0 Å². The van der Waals surface area contributed by atoms with Crippen LogP contribution in [0.5, 0.6) is 0 Å². The number of anilines is 1. The maximum atomic E-state index is 5.27. The van der Waals surface area contributed by atoms with Crippen LogP contribution in [0.4, 0.5) is 5.69 Å². The van der Waals surface area contributed by atoms with Gasteiger partial charge in [-0.2, -0.15) is 5.10 Å². The maximum Gasteiger partial charge on any atom is 0.0744 e. The molecule has 0 bridgehead atoms. The van der Waals surface area contributed by atoms with Gasteiger partial charge in [0.2, 0.25) is 0 Å². The quantitative estimate of drug-likeness (QED) is 0.763. The Labute approximate surface area is 131 Å². The summed E-state index contributed by atoms with van der Waals surface area (Å²) in [6, 6.07) is 12.2. The molecule has 0 fully saturated rings. The summed E-state index contributed by atoms with van der Waals surface area (Å²) in [4.78, 5) is 0. The second-order valence-corrected chi connectivity index (χ2v) is 5.61. The van der Waals surface area contributed by atoms with Gasteiger partial charge in [0.25, 0.3) is 0 Å². The molecule has 5 heteroatoms. The molecule has 0 saturated heterocycles. The number of hydrogen-bond donors (Lipinski definition) is 1. The van der Waals surface area contributed by atoms with E-state index in [1.165, 1.54) is 5.56 Å². The van der Waals surface area contributed by atoms with Crippen molar-refractivity contribution in [2.24, 2.45) is 0 Å². The van der Waals surface area contributed by atoms with Gasteiger partial charge in [-0.15, -0.1) is 0 Å². The Morgan fingerprint density at radius 2 is 2.14 bits per heavy atom. The molecule has 2 heterocycles. The number of pyridine rings is 1. The molecule has 0 amide bonds. The second-order valence-electron chi connectivity index (χ2n) is 4.75. The first-order chi connectivity index (χ1) is 10.3. The highest BCUT2D eigenvalue weighted by molar-refractivity contribution is 9.10. The molecular weight excluding hydrogens is 330 g/mol. The Morgan fingerprint density at radius 1 is 1.24 bits per heavy atom. The molecule has 0 spiro atoms. The molecule has 0 radical (unpaired) electrons. The van der Waals surface area contributed by atoms with Crippen LogP contribution in [-0.4, -0.2) is 16.7 Å². The summed E-state index contributed by atoms with van der Waals surface area (Å²) in [5.74, 6) is 0. The van der Waals surface area contributed by atoms with Gasteiger partial charge in [-0.1, -0.05) is 28.1 Å². The predicted octanol–water partition coefficient (Wildman–Crippen LogP) is 3.86. The van der Waals surface area contributed by atoms with E-state index >= 15 is 0 Å². The molecule has 3 aromatic rings. The number of aromatic nitrogens is 2. The minimum absolute atomic E-state index is 0.568. The third-order valence-corrected chi connectivity index (χ3v) is 4.13. The fourth-order valence-corrected chi connectivity index (χ4v) is 2.81. The van der Waals surface area contributed by atoms with Gasteiger partial charge in [-0.3, -0.25) is 0 Å². The highest BCUT2D eigenvalue weighted by Gasteiger charge is 2.08. The molecule has 21 heavy (non-hydrogen) atoms. The molecule has 1 aromatic carbocycles. The minimum atomic E-state index is 0.568. The Hall–Kier alpha value is -1.85. The van der Waals surface area contributed by atoms with Crippen LogP contribution in [0.2, 0.25) is 0 Å². The lowest BCUT2D eigenvalue weighted by molar-refractivity contribution is 0.185. The molecule has 3 rings (SSSR count). The summed E-state index contributed by atoms with van der Waals surface area (Å²) in [5.41, 5.74) is 4.48. The molecule has 0 saturated carbocycles.